The number of aliphatic hydroxyl groups is 1. The van der Waals surface area contributed by atoms with Gasteiger partial charge >= 0.3 is 0 Å². The zero-order valence-electron chi connectivity index (χ0n) is 18.4. The van der Waals surface area contributed by atoms with Gasteiger partial charge in [-0.3, -0.25) is 14.5 Å². The molecule has 0 aliphatic carbocycles. The smallest absolute Gasteiger partial charge is 0.295 e. The monoisotopic (exact) mass is 454 g/mol. The minimum Gasteiger partial charge on any atom is -0.507 e. The summed E-state index contributed by atoms with van der Waals surface area (Å²) in [5.41, 5.74) is 0.387. The molecule has 1 aromatic heterocycles. The molecule has 1 atom stereocenters. The molecule has 9 nitrogen and oxygen atoms in total. The van der Waals surface area contributed by atoms with Crippen molar-refractivity contribution in [2.24, 2.45) is 0 Å². The molecule has 2 fully saturated rings. The number of benzene rings is 1. The maximum absolute atomic E-state index is 13.1. The first-order chi connectivity index (χ1) is 16.0. The number of nitrogens with zero attached hydrogens (tertiary/aromatic N) is 2. The second-order valence-corrected chi connectivity index (χ2v) is 8.32. The number of ether oxygens (including phenoxy) is 3. The molecule has 3 aliphatic heterocycles. The van der Waals surface area contributed by atoms with Crippen LogP contribution in [-0.4, -0.2) is 72.8 Å². The van der Waals surface area contributed by atoms with E-state index in [2.05, 4.69) is 4.90 Å². The van der Waals surface area contributed by atoms with Crippen molar-refractivity contribution in [3.63, 3.8) is 0 Å². The number of morpholine rings is 1. The molecule has 0 bridgehead atoms. The Morgan fingerprint density at radius 2 is 1.85 bits per heavy atom. The quantitative estimate of drug-likeness (QED) is 0.404. The number of likely N-dealkylation sites (tertiary alicyclic amines) is 1. The van der Waals surface area contributed by atoms with Crippen molar-refractivity contribution >= 4 is 17.4 Å². The third kappa shape index (κ3) is 4.09. The third-order valence-electron chi connectivity index (χ3n) is 6.19. The molecule has 1 unspecified atom stereocenters. The van der Waals surface area contributed by atoms with Crippen molar-refractivity contribution in [3.8, 4) is 11.5 Å². The molecule has 33 heavy (non-hydrogen) atoms. The van der Waals surface area contributed by atoms with Gasteiger partial charge in [0, 0.05) is 31.7 Å². The van der Waals surface area contributed by atoms with Crippen molar-refractivity contribution in [1.29, 1.82) is 0 Å². The number of Topliss-reactive ketones (excluding diaryl/α,β-unsaturated/α-hetero) is 1. The minimum atomic E-state index is -0.797. The maximum atomic E-state index is 13.1. The van der Waals surface area contributed by atoms with Crippen LogP contribution in [0.5, 0.6) is 11.5 Å². The summed E-state index contributed by atoms with van der Waals surface area (Å²) in [6, 6.07) is 7.64. The van der Waals surface area contributed by atoms with Crippen LogP contribution in [0.25, 0.3) is 5.76 Å². The molecule has 5 rings (SSSR count). The van der Waals surface area contributed by atoms with E-state index < -0.39 is 17.7 Å². The van der Waals surface area contributed by atoms with E-state index in [0.29, 0.717) is 54.8 Å². The summed E-state index contributed by atoms with van der Waals surface area (Å²) >= 11 is 0. The Labute approximate surface area is 191 Å². The highest BCUT2D eigenvalue weighted by Gasteiger charge is 2.47. The Hall–Kier alpha value is -3.30. The number of furan rings is 1. The highest BCUT2D eigenvalue weighted by atomic mass is 16.7. The van der Waals surface area contributed by atoms with Gasteiger partial charge in [0.2, 0.25) is 6.79 Å². The molecular weight excluding hydrogens is 428 g/mol. The van der Waals surface area contributed by atoms with Crippen LogP contribution in [0.15, 0.2) is 40.3 Å². The van der Waals surface area contributed by atoms with Crippen molar-refractivity contribution in [2.45, 2.75) is 19.4 Å². The Balaban J connectivity index is 1.46. The van der Waals surface area contributed by atoms with Crippen LogP contribution in [0.2, 0.25) is 0 Å². The number of fused-ring (bicyclic) bond motifs is 1. The lowest BCUT2D eigenvalue weighted by atomic mass is 9.99. The van der Waals surface area contributed by atoms with E-state index in [1.807, 2.05) is 0 Å². The molecule has 9 heteroatoms. The molecule has 0 spiro atoms. The summed E-state index contributed by atoms with van der Waals surface area (Å²) in [5.74, 6) is 0.514. The predicted octanol–water partition coefficient (Wildman–Crippen LogP) is 2.46. The van der Waals surface area contributed by atoms with Gasteiger partial charge in [-0.15, -0.1) is 0 Å². The van der Waals surface area contributed by atoms with E-state index in [1.54, 1.807) is 37.3 Å². The van der Waals surface area contributed by atoms with Crippen LogP contribution in [0.1, 0.15) is 29.5 Å². The maximum Gasteiger partial charge on any atom is 0.295 e. The van der Waals surface area contributed by atoms with Crippen LogP contribution in [0.4, 0.5) is 0 Å². The number of hydrogen-bond acceptors (Lipinski definition) is 8. The summed E-state index contributed by atoms with van der Waals surface area (Å²) in [5, 5.41) is 11.1. The second kappa shape index (κ2) is 8.92. The molecule has 0 saturated carbocycles. The zero-order valence-corrected chi connectivity index (χ0v) is 18.4. The SMILES string of the molecule is Cc1ccc(C2/C(=C(\O)c3ccc4c(c3)OCO4)C(=O)C(=O)N2CCCN2CCOCC2)o1. The number of hydrogen-bond donors (Lipinski definition) is 1. The highest BCUT2D eigenvalue weighted by Crippen LogP contribution is 2.41. The molecule has 3 aliphatic rings. The number of rotatable bonds is 6. The van der Waals surface area contributed by atoms with Crippen LogP contribution < -0.4 is 9.47 Å². The average Bonchev–Trinajstić information content (AvgIpc) is 3.53. The van der Waals surface area contributed by atoms with Crippen LogP contribution >= 0.6 is 0 Å². The van der Waals surface area contributed by atoms with Gasteiger partial charge in [0.1, 0.15) is 23.3 Å². The summed E-state index contributed by atoms with van der Waals surface area (Å²) in [7, 11) is 0. The number of ketones is 1. The number of carbonyl (C=O) groups excluding carboxylic acids is 2. The first kappa shape index (κ1) is 21.5. The topological polar surface area (TPSA) is 102 Å². The Morgan fingerprint density at radius 3 is 2.61 bits per heavy atom. The number of amides is 1. The standard InChI is InChI=1S/C24H26N2O7/c1-15-3-5-18(33-15)21-20(22(27)16-4-6-17-19(13-16)32-14-31-17)23(28)24(29)26(21)8-2-7-25-9-11-30-12-10-25/h3-6,13,21,27H,2,7-12,14H2,1H3/b22-20+. The van der Waals surface area contributed by atoms with Crippen LogP contribution in [0, 0.1) is 6.92 Å². The lowest BCUT2D eigenvalue weighted by Crippen LogP contribution is -2.38. The fraction of sp³-hybridized carbons (Fsp3) is 0.417. The average molecular weight is 454 g/mol. The van der Waals surface area contributed by atoms with Gasteiger partial charge in [0.05, 0.1) is 18.8 Å². The summed E-state index contributed by atoms with van der Waals surface area (Å²) < 4.78 is 21.9. The first-order valence-corrected chi connectivity index (χ1v) is 11.1. The van der Waals surface area contributed by atoms with E-state index in [-0.39, 0.29) is 18.1 Å². The van der Waals surface area contributed by atoms with E-state index in [1.165, 1.54) is 4.90 Å². The molecule has 1 N–H and O–H groups in total. The van der Waals surface area contributed by atoms with Crippen LogP contribution in [0.3, 0.4) is 0 Å². The Morgan fingerprint density at radius 1 is 1.06 bits per heavy atom. The normalized spacial score (nSPS) is 22.3. The highest BCUT2D eigenvalue weighted by molar-refractivity contribution is 6.46. The molecule has 2 aromatic rings. The largest absolute Gasteiger partial charge is 0.507 e. The fourth-order valence-electron chi connectivity index (χ4n) is 4.50. The van der Waals surface area contributed by atoms with Crippen molar-refractivity contribution in [2.75, 3.05) is 46.2 Å². The van der Waals surface area contributed by atoms with Gasteiger partial charge in [-0.2, -0.15) is 0 Å². The molecule has 2 saturated heterocycles. The van der Waals surface area contributed by atoms with Gasteiger partial charge in [-0.1, -0.05) is 0 Å². The first-order valence-electron chi connectivity index (χ1n) is 11.1. The van der Waals surface area contributed by atoms with E-state index in [4.69, 9.17) is 18.6 Å². The lowest BCUT2D eigenvalue weighted by Gasteiger charge is -2.28. The van der Waals surface area contributed by atoms with E-state index >= 15 is 0 Å². The van der Waals surface area contributed by atoms with Crippen molar-refractivity contribution in [3.05, 3.63) is 53.0 Å². The Bertz CT molecular complexity index is 1100. The van der Waals surface area contributed by atoms with Gasteiger partial charge in [0.25, 0.3) is 11.7 Å². The van der Waals surface area contributed by atoms with Gasteiger partial charge in [-0.25, -0.2) is 0 Å². The number of aryl methyl sites for hydroxylation is 1. The van der Waals surface area contributed by atoms with Crippen molar-refractivity contribution in [1.82, 2.24) is 9.80 Å². The fourth-order valence-corrected chi connectivity index (χ4v) is 4.50. The molecule has 174 valence electrons. The zero-order chi connectivity index (χ0) is 22.9. The molecule has 1 aromatic carbocycles. The summed E-state index contributed by atoms with van der Waals surface area (Å²) in [4.78, 5) is 29.9. The molecule has 0 radical (unpaired) electrons. The minimum absolute atomic E-state index is 0.0135. The van der Waals surface area contributed by atoms with Crippen molar-refractivity contribution < 1.29 is 33.3 Å². The predicted molar refractivity (Wildman–Crippen MR) is 117 cm³/mol. The summed E-state index contributed by atoms with van der Waals surface area (Å²) in [6.45, 7) is 6.15. The van der Waals surface area contributed by atoms with E-state index in [0.717, 1.165) is 19.6 Å². The molecule has 4 heterocycles. The Kier molecular flexibility index (Phi) is 5.82. The van der Waals surface area contributed by atoms with Gasteiger partial charge in [0.15, 0.2) is 11.5 Å². The van der Waals surface area contributed by atoms with Gasteiger partial charge < -0.3 is 28.6 Å². The van der Waals surface area contributed by atoms with E-state index in [9.17, 15) is 14.7 Å². The number of aliphatic hydroxyl groups excluding tert-OH is 1. The second-order valence-electron chi connectivity index (χ2n) is 8.32. The summed E-state index contributed by atoms with van der Waals surface area (Å²) in [6.07, 6.45) is 0.688. The third-order valence-corrected chi connectivity index (χ3v) is 6.19. The molecule has 1 amide bonds. The number of carbonyl (C=O) groups is 2. The lowest BCUT2D eigenvalue weighted by molar-refractivity contribution is -0.140. The van der Waals surface area contributed by atoms with Crippen LogP contribution in [-0.2, 0) is 14.3 Å². The van der Waals surface area contributed by atoms with Gasteiger partial charge in [-0.05, 0) is 43.7 Å². The molecular formula is C24H26N2O7.